The zero-order chi connectivity index (χ0) is 17.2. The average molecular weight is 328 g/mol. The van der Waals surface area contributed by atoms with Crippen molar-refractivity contribution in [1.82, 2.24) is 0 Å². The van der Waals surface area contributed by atoms with Crippen molar-refractivity contribution in [1.29, 1.82) is 0 Å². The average Bonchev–Trinajstić information content (AvgIpc) is 2.75. The second-order valence-corrected chi connectivity index (χ2v) is 6.70. The molecular formula is C18H32O5. The van der Waals surface area contributed by atoms with Crippen molar-refractivity contribution in [3.63, 3.8) is 0 Å². The van der Waals surface area contributed by atoms with Crippen LogP contribution in [-0.4, -0.2) is 44.7 Å². The largest absolute Gasteiger partial charge is 0.481 e. The highest BCUT2D eigenvalue weighted by molar-refractivity contribution is 5.66. The lowest BCUT2D eigenvalue weighted by atomic mass is 9.88. The van der Waals surface area contributed by atoms with Gasteiger partial charge in [0.2, 0.25) is 0 Å². The molecule has 1 fully saturated rings. The fourth-order valence-electron chi connectivity index (χ4n) is 3.39. The summed E-state index contributed by atoms with van der Waals surface area (Å²) in [5, 5.41) is 38.8. The van der Waals surface area contributed by atoms with Crippen LogP contribution in [0.5, 0.6) is 0 Å². The van der Waals surface area contributed by atoms with E-state index in [9.17, 15) is 20.1 Å². The summed E-state index contributed by atoms with van der Waals surface area (Å²) in [6.45, 7) is 2.12. The Morgan fingerprint density at radius 2 is 1.91 bits per heavy atom. The van der Waals surface area contributed by atoms with Gasteiger partial charge in [0, 0.05) is 18.8 Å². The van der Waals surface area contributed by atoms with Crippen LogP contribution in [0.15, 0.2) is 12.2 Å². The Hall–Kier alpha value is -0.910. The molecule has 5 heteroatoms. The van der Waals surface area contributed by atoms with E-state index < -0.39 is 24.3 Å². The summed E-state index contributed by atoms with van der Waals surface area (Å²) in [7, 11) is 0. The Bertz CT molecular complexity index is 368. The monoisotopic (exact) mass is 328 g/mol. The third kappa shape index (κ3) is 7.46. The van der Waals surface area contributed by atoms with Gasteiger partial charge < -0.3 is 20.4 Å². The van der Waals surface area contributed by atoms with Gasteiger partial charge in [0.25, 0.3) is 0 Å². The van der Waals surface area contributed by atoms with E-state index in [1.165, 1.54) is 0 Å². The third-order valence-corrected chi connectivity index (χ3v) is 4.75. The predicted molar refractivity (Wildman–Crippen MR) is 89.0 cm³/mol. The molecule has 5 nitrogen and oxygen atoms in total. The number of carboxylic acid groups (broad SMARTS) is 1. The maximum absolute atomic E-state index is 10.5. The molecule has 5 atom stereocenters. The van der Waals surface area contributed by atoms with E-state index in [-0.39, 0.29) is 18.3 Å². The molecule has 0 amide bonds. The van der Waals surface area contributed by atoms with Gasteiger partial charge >= 0.3 is 5.97 Å². The molecule has 1 aliphatic carbocycles. The lowest BCUT2D eigenvalue weighted by molar-refractivity contribution is -0.137. The van der Waals surface area contributed by atoms with Gasteiger partial charge in [0.1, 0.15) is 0 Å². The highest BCUT2D eigenvalue weighted by atomic mass is 16.4. The number of hydrogen-bond acceptors (Lipinski definition) is 4. The van der Waals surface area contributed by atoms with Crippen LogP contribution in [0.3, 0.4) is 0 Å². The maximum Gasteiger partial charge on any atom is 0.303 e. The summed E-state index contributed by atoms with van der Waals surface area (Å²) in [4.78, 5) is 10.5. The number of aliphatic carboxylic acids is 1. The van der Waals surface area contributed by atoms with Gasteiger partial charge in [-0.1, -0.05) is 44.8 Å². The molecular weight excluding hydrogens is 296 g/mol. The highest BCUT2D eigenvalue weighted by Crippen LogP contribution is 2.37. The van der Waals surface area contributed by atoms with Gasteiger partial charge in [-0.3, -0.25) is 4.79 Å². The number of hydrogen-bond donors (Lipinski definition) is 4. The van der Waals surface area contributed by atoms with Crippen LogP contribution in [-0.2, 0) is 4.79 Å². The number of aliphatic hydroxyl groups excluding tert-OH is 3. The van der Waals surface area contributed by atoms with Crippen molar-refractivity contribution in [3.05, 3.63) is 12.2 Å². The standard InChI is InChI=1S/C18H32O5/c1-2-3-4-7-13(19)10-11-15-14(16(20)12-17(15)21)8-5-6-9-18(22)23/h10-11,13-17,19-21H,2-9,12H2,1H3,(H,22,23)/t13-,14-,15+,16-,17+/m0/s1. The molecule has 0 saturated heterocycles. The van der Waals surface area contributed by atoms with E-state index in [0.717, 1.165) is 32.1 Å². The normalized spacial score (nSPS) is 29.2. The van der Waals surface area contributed by atoms with Gasteiger partial charge in [-0.2, -0.15) is 0 Å². The first-order valence-corrected chi connectivity index (χ1v) is 8.90. The van der Waals surface area contributed by atoms with Gasteiger partial charge in [-0.15, -0.1) is 0 Å². The SMILES string of the molecule is CCCCC[C@H](O)C=C[C@@H]1[C@H](CCCCC(=O)O)[C@@H](O)C[C@H]1O. The van der Waals surface area contributed by atoms with Crippen molar-refractivity contribution in [2.75, 3.05) is 0 Å². The summed E-state index contributed by atoms with van der Waals surface area (Å²) in [6.07, 6.45) is 8.37. The molecule has 134 valence electrons. The van der Waals surface area contributed by atoms with Crippen LogP contribution >= 0.6 is 0 Å². The zero-order valence-electron chi connectivity index (χ0n) is 14.1. The first-order chi connectivity index (χ1) is 11.0. The van der Waals surface area contributed by atoms with Gasteiger partial charge in [0.15, 0.2) is 0 Å². The van der Waals surface area contributed by atoms with Gasteiger partial charge in [-0.05, 0) is 25.2 Å². The molecule has 1 aliphatic rings. The maximum atomic E-state index is 10.5. The number of unbranched alkanes of at least 4 members (excludes halogenated alkanes) is 3. The van der Waals surface area contributed by atoms with Crippen LogP contribution in [0.25, 0.3) is 0 Å². The van der Waals surface area contributed by atoms with Gasteiger partial charge in [0.05, 0.1) is 18.3 Å². The van der Waals surface area contributed by atoms with Crippen molar-refractivity contribution in [2.45, 2.75) is 83.0 Å². The molecule has 0 aromatic heterocycles. The van der Waals surface area contributed by atoms with E-state index >= 15 is 0 Å². The third-order valence-electron chi connectivity index (χ3n) is 4.75. The molecule has 0 bridgehead atoms. The molecule has 0 heterocycles. The minimum atomic E-state index is -0.802. The zero-order valence-corrected chi connectivity index (χ0v) is 14.1. The molecule has 1 saturated carbocycles. The minimum Gasteiger partial charge on any atom is -0.481 e. The Morgan fingerprint density at radius 1 is 1.17 bits per heavy atom. The molecule has 0 aliphatic heterocycles. The fourth-order valence-corrected chi connectivity index (χ4v) is 3.39. The Balaban J connectivity index is 2.46. The Morgan fingerprint density at radius 3 is 2.57 bits per heavy atom. The Kier molecular flexibility index (Phi) is 9.44. The topological polar surface area (TPSA) is 98.0 Å². The first-order valence-electron chi connectivity index (χ1n) is 8.90. The fraction of sp³-hybridized carbons (Fsp3) is 0.833. The highest BCUT2D eigenvalue weighted by Gasteiger charge is 2.39. The van der Waals surface area contributed by atoms with Crippen LogP contribution in [0, 0.1) is 11.8 Å². The van der Waals surface area contributed by atoms with Gasteiger partial charge in [-0.25, -0.2) is 0 Å². The van der Waals surface area contributed by atoms with E-state index in [1.54, 1.807) is 6.08 Å². The van der Waals surface area contributed by atoms with Crippen molar-refractivity contribution in [2.24, 2.45) is 11.8 Å². The number of carbonyl (C=O) groups is 1. The number of aliphatic hydroxyl groups is 3. The molecule has 0 aromatic rings. The lowest BCUT2D eigenvalue weighted by Gasteiger charge is -2.21. The second kappa shape index (κ2) is 10.8. The molecule has 0 unspecified atom stereocenters. The second-order valence-electron chi connectivity index (χ2n) is 6.70. The van der Waals surface area contributed by atoms with Crippen LogP contribution in [0.4, 0.5) is 0 Å². The molecule has 1 rings (SSSR count). The molecule has 23 heavy (non-hydrogen) atoms. The summed E-state index contributed by atoms with van der Waals surface area (Å²) in [5.41, 5.74) is 0. The lowest BCUT2D eigenvalue weighted by Crippen LogP contribution is -2.21. The van der Waals surface area contributed by atoms with E-state index in [4.69, 9.17) is 5.11 Å². The van der Waals surface area contributed by atoms with Crippen LogP contribution in [0.2, 0.25) is 0 Å². The summed E-state index contributed by atoms with van der Waals surface area (Å²) >= 11 is 0. The van der Waals surface area contributed by atoms with Crippen molar-refractivity contribution < 1.29 is 25.2 Å². The Labute approximate surface area is 139 Å². The number of carboxylic acids is 1. The quantitative estimate of drug-likeness (QED) is 0.345. The summed E-state index contributed by atoms with van der Waals surface area (Å²) in [5.74, 6) is -1.02. The van der Waals surface area contributed by atoms with Crippen molar-refractivity contribution >= 4 is 5.97 Å². The minimum absolute atomic E-state index is 0.0575. The molecule has 0 aromatic carbocycles. The van der Waals surface area contributed by atoms with E-state index in [1.807, 2.05) is 6.08 Å². The number of rotatable bonds is 11. The predicted octanol–water partition coefficient (Wildman–Crippen LogP) is 2.49. The van der Waals surface area contributed by atoms with E-state index in [2.05, 4.69) is 6.92 Å². The summed E-state index contributed by atoms with van der Waals surface area (Å²) < 4.78 is 0. The smallest absolute Gasteiger partial charge is 0.303 e. The first kappa shape index (κ1) is 20.1. The molecule has 4 N–H and O–H groups in total. The summed E-state index contributed by atoms with van der Waals surface area (Å²) in [6, 6.07) is 0. The van der Waals surface area contributed by atoms with Crippen LogP contribution < -0.4 is 0 Å². The van der Waals surface area contributed by atoms with Crippen molar-refractivity contribution in [3.8, 4) is 0 Å². The molecule has 0 radical (unpaired) electrons. The van der Waals surface area contributed by atoms with Crippen LogP contribution in [0.1, 0.15) is 64.7 Å². The van der Waals surface area contributed by atoms with E-state index in [0.29, 0.717) is 19.3 Å². The molecule has 0 spiro atoms.